The van der Waals surface area contributed by atoms with E-state index in [4.69, 9.17) is 0 Å². The molecule has 1 aromatic carbocycles. The first-order valence-corrected chi connectivity index (χ1v) is 5.93. The van der Waals surface area contributed by atoms with Gasteiger partial charge >= 0.3 is 0 Å². The maximum absolute atomic E-state index is 10.8. The molecule has 0 radical (unpaired) electrons. The maximum atomic E-state index is 10.8. The van der Waals surface area contributed by atoms with E-state index in [9.17, 15) is 4.79 Å². The van der Waals surface area contributed by atoms with E-state index >= 15 is 0 Å². The molecule has 0 spiro atoms. The molecule has 1 aliphatic rings. The fourth-order valence-corrected chi connectivity index (χ4v) is 2.66. The summed E-state index contributed by atoms with van der Waals surface area (Å²) in [7, 11) is 0. The Balaban J connectivity index is 2.60. The molecule has 0 fully saturated rings. The molecule has 0 saturated carbocycles. The van der Waals surface area contributed by atoms with Crippen molar-refractivity contribution in [2.24, 2.45) is 0 Å². The highest BCUT2D eigenvalue weighted by Crippen LogP contribution is 2.35. The van der Waals surface area contributed by atoms with Crippen LogP contribution in [0.15, 0.2) is 28.2 Å². The van der Waals surface area contributed by atoms with E-state index in [1.165, 1.54) is 5.56 Å². The van der Waals surface area contributed by atoms with Crippen LogP contribution >= 0.6 is 31.9 Å². The molecule has 1 nitrogen and oxygen atoms in total. The Hall–Kier alpha value is -0.410. The number of benzene rings is 1. The van der Waals surface area contributed by atoms with Crippen molar-refractivity contribution in [3.8, 4) is 0 Å². The molecule has 1 aliphatic carbocycles. The monoisotopic (exact) mass is 314 g/mol. The van der Waals surface area contributed by atoms with Gasteiger partial charge in [0.25, 0.3) is 0 Å². The van der Waals surface area contributed by atoms with Crippen LogP contribution in [0, 0.1) is 0 Å². The minimum Gasteiger partial charge on any atom is -0.298 e. The third kappa shape index (κ3) is 1.71. The summed E-state index contributed by atoms with van der Waals surface area (Å²) in [6.45, 7) is 0. The van der Waals surface area contributed by atoms with Crippen molar-refractivity contribution in [2.75, 3.05) is 0 Å². The summed E-state index contributed by atoms with van der Waals surface area (Å²) in [5.74, 6) is 0. The number of rotatable bonds is 1. The van der Waals surface area contributed by atoms with Gasteiger partial charge < -0.3 is 0 Å². The molecule has 14 heavy (non-hydrogen) atoms. The molecule has 0 bridgehead atoms. The molecular formula is C11H8Br2O. The molecule has 2 rings (SSSR count). The third-order valence-electron chi connectivity index (χ3n) is 2.40. The van der Waals surface area contributed by atoms with Crippen LogP contribution in [0.4, 0.5) is 0 Å². The summed E-state index contributed by atoms with van der Waals surface area (Å²) in [5.41, 5.74) is 3.29. The van der Waals surface area contributed by atoms with Gasteiger partial charge in [-0.15, -0.1) is 0 Å². The molecule has 3 heteroatoms. The van der Waals surface area contributed by atoms with Gasteiger partial charge in [0, 0.05) is 14.5 Å². The zero-order valence-electron chi connectivity index (χ0n) is 7.39. The molecule has 0 aromatic heterocycles. The topological polar surface area (TPSA) is 17.1 Å². The highest BCUT2D eigenvalue weighted by Gasteiger charge is 2.16. The molecular weight excluding hydrogens is 308 g/mol. The normalized spacial score (nSPS) is 15.3. The molecule has 0 saturated heterocycles. The van der Waals surface area contributed by atoms with Crippen LogP contribution in [0.2, 0.25) is 0 Å². The van der Waals surface area contributed by atoms with E-state index in [1.807, 2.05) is 12.1 Å². The minimum absolute atomic E-state index is 0.832. The van der Waals surface area contributed by atoms with Crippen LogP contribution in [-0.4, -0.2) is 6.29 Å². The molecule has 0 N–H and O–H groups in total. The van der Waals surface area contributed by atoms with Gasteiger partial charge in [0.1, 0.15) is 6.29 Å². The fourth-order valence-electron chi connectivity index (χ4n) is 1.63. The zero-order chi connectivity index (χ0) is 10.1. The average Bonchev–Trinajstić information content (AvgIpc) is 2.20. The first-order chi connectivity index (χ1) is 6.72. The van der Waals surface area contributed by atoms with Crippen LogP contribution in [-0.2, 0) is 11.2 Å². The van der Waals surface area contributed by atoms with Gasteiger partial charge in [-0.3, -0.25) is 4.79 Å². The number of hydrogen-bond donors (Lipinski definition) is 0. The van der Waals surface area contributed by atoms with Crippen LogP contribution in [0.25, 0.3) is 4.48 Å². The van der Waals surface area contributed by atoms with Crippen molar-refractivity contribution in [1.29, 1.82) is 0 Å². The van der Waals surface area contributed by atoms with Gasteiger partial charge in [-0.25, -0.2) is 0 Å². The largest absolute Gasteiger partial charge is 0.298 e. The van der Waals surface area contributed by atoms with E-state index < -0.39 is 0 Å². The molecule has 0 amide bonds. The third-order valence-corrected chi connectivity index (χ3v) is 3.83. The summed E-state index contributed by atoms with van der Waals surface area (Å²) in [6.07, 6.45) is 2.72. The van der Waals surface area contributed by atoms with Crippen LogP contribution in [0.5, 0.6) is 0 Å². The van der Waals surface area contributed by atoms with Crippen molar-refractivity contribution in [3.05, 3.63) is 39.4 Å². The van der Waals surface area contributed by atoms with Gasteiger partial charge in [-0.2, -0.15) is 0 Å². The summed E-state index contributed by atoms with van der Waals surface area (Å²) < 4.78 is 1.98. The van der Waals surface area contributed by atoms with Crippen molar-refractivity contribution >= 4 is 42.6 Å². The highest BCUT2D eigenvalue weighted by molar-refractivity contribution is 9.15. The predicted octanol–water partition coefficient (Wildman–Crippen LogP) is 3.70. The Morgan fingerprint density at radius 3 is 2.71 bits per heavy atom. The summed E-state index contributed by atoms with van der Waals surface area (Å²) in [5, 5.41) is 0. The molecule has 0 heterocycles. The van der Waals surface area contributed by atoms with Gasteiger partial charge in [0.05, 0.1) is 0 Å². The van der Waals surface area contributed by atoms with Crippen LogP contribution < -0.4 is 0 Å². The standard InChI is InChI=1S/C11H8Br2O/c12-9-4-3-7-1-2-8(6-14)11(13)10(7)5-9/h3-6H,1-2H2. The Kier molecular flexibility index (Phi) is 2.88. The number of halogens is 2. The number of fused-ring (bicyclic) bond motifs is 1. The smallest absolute Gasteiger partial charge is 0.147 e. The number of carbonyl (C=O) groups excluding carboxylic acids is 1. The molecule has 0 unspecified atom stereocenters. The lowest BCUT2D eigenvalue weighted by atomic mass is 9.93. The first-order valence-electron chi connectivity index (χ1n) is 4.35. The van der Waals surface area contributed by atoms with E-state index in [-0.39, 0.29) is 0 Å². The number of hydrogen-bond acceptors (Lipinski definition) is 1. The second kappa shape index (κ2) is 3.99. The summed E-state index contributed by atoms with van der Waals surface area (Å²) >= 11 is 6.90. The number of aryl methyl sites for hydroxylation is 1. The van der Waals surface area contributed by atoms with Gasteiger partial charge in [-0.05, 0) is 52.0 Å². The first kappa shape index (κ1) is 10.1. The molecule has 1 aromatic rings. The Morgan fingerprint density at radius 1 is 1.21 bits per heavy atom. The van der Waals surface area contributed by atoms with Crippen molar-refractivity contribution in [2.45, 2.75) is 12.8 Å². The SMILES string of the molecule is O=CC1=C(Br)c2cc(Br)ccc2CC1. The van der Waals surface area contributed by atoms with E-state index in [1.54, 1.807) is 0 Å². The fraction of sp³-hybridized carbons (Fsp3) is 0.182. The highest BCUT2D eigenvalue weighted by atomic mass is 79.9. The van der Waals surface area contributed by atoms with Crippen molar-refractivity contribution < 1.29 is 4.79 Å². The summed E-state index contributed by atoms with van der Waals surface area (Å²) in [6, 6.07) is 6.18. The second-order valence-corrected chi connectivity index (χ2v) is 4.97. The van der Waals surface area contributed by atoms with E-state index in [0.29, 0.717) is 0 Å². The average molecular weight is 316 g/mol. The summed E-state index contributed by atoms with van der Waals surface area (Å²) in [4.78, 5) is 10.8. The zero-order valence-corrected chi connectivity index (χ0v) is 10.6. The Morgan fingerprint density at radius 2 is 2.00 bits per heavy atom. The predicted molar refractivity (Wildman–Crippen MR) is 64.4 cm³/mol. The van der Waals surface area contributed by atoms with Gasteiger partial charge in [0.2, 0.25) is 0 Å². The van der Waals surface area contributed by atoms with Gasteiger partial charge in [0.15, 0.2) is 0 Å². The number of aldehydes is 1. The quantitative estimate of drug-likeness (QED) is 0.722. The number of carbonyl (C=O) groups is 1. The lowest BCUT2D eigenvalue weighted by molar-refractivity contribution is -0.105. The van der Waals surface area contributed by atoms with Crippen LogP contribution in [0.3, 0.4) is 0 Å². The van der Waals surface area contributed by atoms with E-state index in [2.05, 4.69) is 37.9 Å². The lowest BCUT2D eigenvalue weighted by Crippen LogP contribution is -2.02. The molecule has 0 atom stereocenters. The van der Waals surface area contributed by atoms with Crippen molar-refractivity contribution in [1.82, 2.24) is 0 Å². The second-order valence-electron chi connectivity index (χ2n) is 3.26. The maximum Gasteiger partial charge on any atom is 0.147 e. The Bertz CT molecular complexity index is 421. The van der Waals surface area contributed by atoms with Crippen LogP contribution in [0.1, 0.15) is 17.5 Å². The van der Waals surface area contributed by atoms with Gasteiger partial charge in [-0.1, -0.05) is 22.0 Å². The Labute approximate surface area is 99.5 Å². The molecule has 0 aliphatic heterocycles. The minimum atomic E-state index is 0.832. The number of allylic oxidation sites excluding steroid dienone is 1. The lowest BCUT2D eigenvalue weighted by Gasteiger charge is -2.17. The molecule has 72 valence electrons. The van der Waals surface area contributed by atoms with E-state index in [0.717, 1.165) is 39.2 Å². The van der Waals surface area contributed by atoms with Crippen molar-refractivity contribution in [3.63, 3.8) is 0 Å².